The Morgan fingerprint density at radius 3 is 1.49 bits per heavy atom. The molecular formula is C84H116F6N6O12. The molecule has 1 aliphatic rings. The molecule has 1 heterocycles. The highest BCUT2D eigenvalue weighted by atomic mass is 19.3. The highest BCUT2D eigenvalue weighted by molar-refractivity contribution is 6.01. The van der Waals surface area contributed by atoms with E-state index < -0.39 is 90.5 Å². The number of methoxy groups -OCH3 is 1. The molecule has 0 saturated carbocycles. The second-order valence-corrected chi connectivity index (χ2v) is 27.1. The third-order valence-electron chi connectivity index (χ3n) is 18.8. The number of hydrogen-bond donors (Lipinski definition) is 6. The number of unbranched alkanes of at least 4 members (excludes halogenated alkanes) is 15. The van der Waals surface area contributed by atoms with Crippen LogP contribution in [-0.2, 0) is 49.6 Å². The number of halogens is 6. The topological polar surface area (TPSA) is 305 Å². The van der Waals surface area contributed by atoms with Gasteiger partial charge in [-0.15, -0.1) is 0 Å². The summed E-state index contributed by atoms with van der Waals surface area (Å²) >= 11 is 0. The van der Waals surface area contributed by atoms with Gasteiger partial charge in [0.05, 0.1) is 30.3 Å². The lowest BCUT2D eigenvalue weighted by Gasteiger charge is -2.32. The van der Waals surface area contributed by atoms with E-state index in [0.29, 0.717) is 45.7 Å². The number of aliphatic hydroxyl groups excluding tert-OH is 1. The summed E-state index contributed by atoms with van der Waals surface area (Å²) in [5.74, 6) is -6.03. The van der Waals surface area contributed by atoms with E-state index in [0.717, 1.165) is 95.3 Å². The van der Waals surface area contributed by atoms with Crippen LogP contribution >= 0.6 is 0 Å². The zero-order valence-electron chi connectivity index (χ0n) is 64.2. The fourth-order valence-corrected chi connectivity index (χ4v) is 12.9. The number of carbonyl (C=O) groups excluding carboxylic acids is 6. The number of nitrogens with one attached hydrogen (secondary N) is 1. The Hall–Kier alpha value is -8.50. The number of Topliss-reactive ketones (excluding diaryl/α,β-unsaturated/α-hetero) is 3. The molecular weight excluding hydrogens is 1400 g/mol. The summed E-state index contributed by atoms with van der Waals surface area (Å²) in [5, 5.41) is 27.9. The fourth-order valence-electron chi connectivity index (χ4n) is 12.9. The maximum Gasteiger partial charge on any atom is 0.338 e. The number of aryl methyl sites for hydroxylation is 3. The van der Waals surface area contributed by atoms with Crippen LogP contribution in [0.2, 0.25) is 0 Å². The summed E-state index contributed by atoms with van der Waals surface area (Å²) in [6.07, 6.45) is 13.1. The van der Waals surface area contributed by atoms with Crippen LogP contribution in [0.25, 0.3) is 11.1 Å². The molecule has 0 spiro atoms. The summed E-state index contributed by atoms with van der Waals surface area (Å²) < 4.78 is 97.5. The first-order valence-corrected chi connectivity index (χ1v) is 38.1. The van der Waals surface area contributed by atoms with Crippen LogP contribution < -0.4 is 32.0 Å². The van der Waals surface area contributed by atoms with Crippen molar-refractivity contribution in [3.05, 3.63) is 152 Å². The quantitative estimate of drug-likeness (QED) is 0.00915. The number of alkyl halides is 6. The molecule has 0 saturated heterocycles. The van der Waals surface area contributed by atoms with Crippen LogP contribution in [0.1, 0.15) is 276 Å². The molecule has 0 radical (unpaired) electrons. The van der Waals surface area contributed by atoms with Gasteiger partial charge in [0.15, 0.2) is 17.3 Å². The normalized spacial score (nSPS) is 14.3. The number of carboxylic acids is 1. The van der Waals surface area contributed by atoms with Crippen molar-refractivity contribution >= 4 is 41.1 Å². The number of aromatic carboxylic acids is 1. The average molecular weight is 1520 g/mol. The number of benzene rings is 5. The van der Waals surface area contributed by atoms with Crippen molar-refractivity contribution in [2.45, 2.75) is 232 Å². The van der Waals surface area contributed by atoms with Gasteiger partial charge in [0.1, 0.15) is 30.8 Å². The minimum atomic E-state index is -2.93. The number of carbonyl (C=O) groups is 7. The average Bonchev–Trinajstić information content (AvgIpc) is 0.778. The Morgan fingerprint density at radius 1 is 0.593 bits per heavy atom. The molecule has 24 heteroatoms. The minimum Gasteiger partial charge on any atom is -0.492 e. The SMILES string of the molecule is CCCCCCCCc1ccc(C(=O)C[C@@H](CCN)C(=O)N(C)[C@@H]2C(=O)C[C@@H](C)C(=O)N[C@H](C(=O)CCC#N)Cc3ccc(OCCN)c(c3)-c3cc2ccc3OCCN)c(C(F)F)c1.CCCCCCCCc1ccc(C(=O)O)c(C(F)F)c1.CCCCCCCCc1ccc(C(=O)OC)c(C(F)F)c1.CO. The second-order valence-electron chi connectivity index (χ2n) is 27.1. The Bertz CT molecular complexity index is 3630. The number of rotatable bonds is 42. The van der Waals surface area contributed by atoms with Crippen molar-refractivity contribution in [2.24, 2.45) is 29.0 Å². The van der Waals surface area contributed by atoms with E-state index >= 15 is 0 Å². The monoisotopic (exact) mass is 1510 g/mol. The van der Waals surface area contributed by atoms with Crippen molar-refractivity contribution < 1.29 is 84.3 Å². The smallest absolute Gasteiger partial charge is 0.338 e. The molecule has 1 aliphatic heterocycles. The molecule has 2 amide bonds. The summed E-state index contributed by atoms with van der Waals surface area (Å²) in [5.41, 5.74) is 20.5. The van der Waals surface area contributed by atoms with Gasteiger partial charge in [-0.05, 0) is 140 Å². The third kappa shape index (κ3) is 31.6. The highest BCUT2D eigenvalue weighted by Crippen LogP contribution is 2.42. The molecule has 0 unspecified atom stereocenters. The van der Waals surface area contributed by atoms with E-state index in [1.807, 2.05) is 6.07 Å². The van der Waals surface area contributed by atoms with Gasteiger partial charge in [-0.25, -0.2) is 35.9 Å². The summed E-state index contributed by atoms with van der Waals surface area (Å²) in [6.45, 7) is 8.67. The number of ether oxygens (including phenoxy) is 3. The first-order chi connectivity index (χ1) is 51.9. The zero-order chi connectivity index (χ0) is 80.1. The van der Waals surface area contributed by atoms with Crippen molar-refractivity contribution in [2.75, 3.05) is 54.1 Å². The van der Waals surface area contributed by atoms with Gasteiger partial charge >= 0.3 is 11.9 Å². The van der Waals surface area contributed by atoms with Crippen LogP contribution in [0.3, 0.4) is 0 Å². The lowest BCUT2D eigenvalue weighted by atomic mass is 9.87. The van der Waals surface area contributed by atoms with Gasteiger partial charge in [-0.3, -0.25) is 24.0 Å². The Balaban J connectivity index is 0.000000566. The fraction of sp³-hybridized carbons (Fsp3) is 0.548. The van der Waals surface area contributed by atoms with Gasteiger partial charge in [-0.2, -0.15) is 5.26 Å². The number of fused-ring (bicyclic) bond motifs is 5. The van der Waals surface area contributed by atoms with Crippen molar-refractivity contribution in [1.82, 2.24) is 10.2 Å². The van der Waals surface area contributed by atoms with Gasteiger partial charge < -0.3 is 51.8 Å². The number of carboxylic acid groups (broad SMARTS) is 1. The first-order valence-electron chi connectivity index (χ1n) is 38.1. The Labute approximate surface area is 634 Å². The molecule has 4 atom stereocenters. The van der Waals surface area contributed by atoms with Crippen LogP contribution in [0.15, 0.2) is 91.0 Å². The number of hydrogen-bond acceptors (Lipinski definition) is 15. The molecule has 4 bridgehead atoms. The molecule has 6 rings (SSSR count). The summed E-state index contributed by atoms with van der Waals surface area (Å²) in [7, 11) is 3.62. The van der Waals surface area contributed by atoms with Crippen LogP contribution in [0, 0.1) is 23.2 Å². The van der Waals surface area contributed by atoms with Crippen LogP contribution in [0.4, 0.5) is 26.3 Å². The van der Waals surface area contributed by atoms with Crippen molar-refractivity contribution in [3.8, 4) is 28.7 Å². The van der Waals surface area contributed by atoms with Crippen LogP contribution in [0.5, 0.6) is 11.5 Å². The number of ketones is 3. The van der Waals surface area contributed by atoms with Gasteiger partial charge in [0, 0.05) is 98.1 Å². The van der Waals surface area contributed by atoms with Crippen LogP contribution in [-0.4, -0.2) is 116 Å². The van der Waals surface area contributed by atoms with E-state index in [9.17, 15) is 65.2 Å². The second kappa shape index (κ2) is 52.5. The predicted molar refractivity (Wildman–Crippen MR) is 409 cm³/mol. The number of nitrogens with zero attached hydrogens (tertiary/aromatic N) is 2. The number of aliphatic hydroxyl groups is 1. The highest BCUT2D eigenvalue weighted by Gasteiger charge is 2.37. The number of nitriles is 1. The lowest BCUT2D eigenvalue weighted by molar-refractivity contribution is -0.142. The third-order valence-corrected chi connectivity index (χ3v) is 18.8. The molecule has 596 valence electrons. The lowest BCUT2D eigenvalue weighted by Crippen LogP contribution is -2.46. The van der Waals surface area contributed by atoms with E-state index in [2.05, 4.69) is 30.8 Å². The largest absolute Gasteiger partial charge is 0.492 e. The van der Waals surface area contributed by atoms with E-state index in [1.54, 1.807) is 61.5 Å². The maximum absolute atomic E-state index is 14.7. The van der Waals surface area contributed by atoms with Gasteiger partial charge in [0.25, 0.3) is 19.3 Å². The molecule has 5 aromatic rings. The van der Waals surface area contributed by atoms with E-state index in [4.69, 9.17) is 36.9 Å². The number of amides is 2. The van der Waals surface area contributed by atoms with Gasteiger partial charge in [-0.1, -0.05) is 160 Å². The van der Waals surface area contributed by atoms with Gasteiger partial charge in [0.2, 0.25) is 11.8 Å². The molecule has 9 N–H and O–H groups in total. The number of likely N-dealkylation sites (N-methyl/N-ethyl adjacent to an activating group) is 1. The minimum absolute atomic E-state index is 0.0141. The predicted octanol–water partition coefficient (Wildman–Crippen LogP) is 17.3. The number of nitrogens with two attached hydrogens (primary N) is 3. The number of esters is 1. The molecule has 5 aromatic carbocycles. The van der Waals surface area contributed by atoms with E-state index in [1.165, 1.54) is 107 Å². The maximum atomic E-state index is 14.7. The standard InChI is InChI=1S/C50H66F2N6O7.C17H24F2O2.C16H22F2O2.CH4O/c1-4-5-6-7-8-9-11-33-13-16-37(40(27-33)48(51)52)43(60)31-36(19-21-54)50(63)58(3)47-35-15-18-46(65-25-23-56)39(30-35)38-28-34(14-17-45(38)64-24-22-55)29-41(42(59)12-10-20-53)57-49(62)32(2)26-44(47)61;1-3-4-5-6-7-8-9-13-10-11-14(17(20)21-2)15(12-13)16(18)19;1-2-3-4-5-6-7-8-12-9-10-13(16(19)20)14(11-12)15(17)18;1-2/h13-18,27-28,30,32,36,41,47-48H,4-12,19,21-26,29,31,54-56H2,1-3H3,(H,57,62);10-12,16H,3-9H2,1-2H3;9-11,15H,2-8H2,1H3,(H,19,20);2H,1H3/t32-,36-,41+,47+;;;/m1.../s1. The zero-order valence-corrected chi connectivity index (χ0v) is 64.2. The first kappa shape index (κ1) is 93.7. The summed E-state index contributed by atoms with van der Waals surface area (Å²) in [6, 6.07) is 23.2. The van der Waals surface area contributed by atoms with Crippen molar-refractivity contribution in [1.29, 1.82) is 5.26 Å². The summed E-state index contributed by atoms with van der Waals surface area (Å²) in [4.78, 5) is 94.1. The molecule has 0 fully saturated rings. The van der Waals surface area contributed by atoms with E-state index in [-0.39, 0.29) is 98.6 Å². The molecule has 0 aliphatic carbocycles. The molecule has 18 nitrogen and oxygen atoms in total. The Morgan fingerprint density at radius 2 is 1.04 bits per heavy atom. The molecule has 108 heavy (non-hydrogen) atoms. The Kier molecular flexibility index (Phi) is 45.6. The molecule has 0 aromatic heterocycles. The van der Waals surface area contributed by atoms with Crippen molar-refractivity contribution in [3.63, 3.8) is 0 Å².